The average Bonchev–Trinajstić information content (AvgIpc) is 2.73. The number of amides is 2. The van der Waals surface area contributed by atoms with Crippen LogP contribution in [0.15, 0.2) is 47.6 Å². The Morgan fingerprint density at radius 1 is 0.964 bits per heavy atom. The van der Waals surface area contributed by atoms with Crippen molar-refractivity contribution < 1.29 is 23.8 Å². The Morgan fingerprint density at radius 2 is 1.68 bits per heavy atom. The zero-order valence-corrected chi connectivity index (χ0v) is 16.2. The highest BCUT2D eigenvalue weighted by molar-refractivity contribution is 6.35. The molecule has 8 heteroatoms. The number of hydrogen-bond donors (Lipinski definition) is 2. The van der Waals surface area contributed by atoms with Crippen molar-refractivity contribution in [1.82, 2.24) is 10.7 Å². The largest absolute Gasteiger partial charge is 0.497 e. The number of carbonyl (C=O) groups is 2. The standard InChI is InChI=1S/C20H23N3O5/c1-13(14-8-10-16(26-2)11-9-14)22-19(24)20(25)23-21-12-15-6-5-7-17(27-3)18(15)28-4/h5-13H,1-4H3,(H,22,24)(H,23,25)/b21-12-/t13-/m0/s1. The van der Waals surface area contributed by atoms with Crippen LogP contribution in [-0.4, -0.2) is 39.4 Å². The molecule has 2 rings (SSSR count). The number of nitrogens with one attached hydrogen (secondary N) is 2. The molecule has 0 fully saturated rings. The lowest BCUT2D eigenvalue weighted by Crippen LogP contribution is -2.39. The van der Waals surface area contributed by atoms with Crippen LogP contribution in [0.4, 0.5) is 0 Å². The molecule has 0 heterocycles. The molecule has 0 aromatic heterocycles. The number of hydrazone groups is 1. The van der Waals surface area contributed by atoms with Gasteiger partial charge in [-0.1, -0.05) is 18.2 Å². The molecule has 2 N–H and O–H groups in total. The number of rotatable bonds is 7. The summed E-state index contributed by atoms with van der Waals surface area (Å²) in [4.78, 5) is 24.0. The van der Waals surface area contributed by atoms with E-state index in [0.717, 1.165) is 5.56 Å². The second kappa shape index (κ2) is 9.96. The van der Waals surface area contributed by atoms with Crippen LogP contribution >= 0.6 is 0 Å². The predicted octanol–water partition coefficient (Wildman–Crippen LogP) is 2.04. The van der Waals surface area contributed by atoms with Crippen molar-refractivity contribution in [2.45, 2.75) is 13.0 Å². The number of ether oxygens (including phenoxy) is 3. The summed E-state index contributed by atoms with van der Waals surface area (Å²) in [5.41, 5.74) is 3.63. The third-order valence-electron chi connectivity index (χ3n) is 3.97. The Hall–Kier alpha value is -3.55. The van der Waals surface area contributed by atoms with E-state index < -0.39 is 11.8 Å². The minimum Gasteiger partial charge on any atom is -0.497 e. The molecular formula is C20H23N3O5. The molecule has 0 bridgehead atoms. The van der Waals surface area contributed by atoms with Crippen molar-refractivity contribution in [1.29, 1.82) is 0 Å². The summed E-state index contributed by atoms with van der Waals surface area (Å²) < 4.78 is 15.6. The van der Waals surface area contributed by atoms with E-state index >= 15 is 0 Å². The van der Waals surface area contributed by atoms with Crippen molar-refractivity contribution in [2.75, 3.05) is 21.3 Å². The molecule has 0 aliphatic carbocycles. The van der Waals surface area contributed by atoms with Gasteiger partial charge < -0.3 is 19.5 Å². The maximum atomic E-state index is 12.0. The first-order valence-corrected chi connectivity index (χ1v) is 8.49. The second-order valence-electron chi connectivity index (χ2n) is 5.75. The van der Waals surface area contributed by atoms with Gasteiger partial charge in [-0.05, 0) is 36.8 Å². The van der Waals surface area contributed by atoms with E-state index in [2.05, 4.69) is 15.8 Å². The van der Waals surface area contributed by atoms with E-state index in [-0.39, 0.29) is 6.04 Å². The lowest BCUT2D eigenvalue weighted by molar-refractivity contribution is -0.139. The first kappa shape index (κ1) is 20.8. The van der Waals surface area contributed by atoms with Crippen molar-refractivity contribution in [2.24, 2.45) is 5.10 Å². The molecule has 0 radical (unpaired) electrons. The van der Waals surface area contributed by atoms with Gasteiger partial charge in [-0.2, -0.15) is 5.10 Å². The molecule has 2 aromatic rings. The van der Waals surface area contributed by atoms with Crippen molar-refractivity contribution in [3.05, 3.63) is 53.6 Å². The monoisotopic (exact) mass is 385 g/mol. The van der Waals surface area contributed by atoms with Crippen LogP contribution in [0.5, 0.6) is 17.2 Å². The normalized spacial score (nSPS) is 11.6. The molecular weight excluding hydrogens is 362 g/mol. The Morgan fingerprint density at radius 3 is 2.29 bits per heavy atom. The minimum absolute atomic E-state index is 0.355. The van der Waals surface area contributed by atoms with Crippen LogP contribution < -0.4 is 25.0 Å². The highest BCUT2D eigenvalue weighted by atomic mass is 16.5. The molecule has 148 valence electrons. The van der Waals surface area contributed by atoms with Gasteiger partial charge in [0.25, 0.3) is 0 Å². The number of carbonyl (C=O) groups excluding carboxylic acids is 2. The van der Waals surface area contributed by atoms with Crippen LogP contribution in [-0.2, 0) is 9.59 Å². The van der Waals surface area contributed by atoms with Crippen LogP contribution in [0, 0.1) is 0 Å². The summed E-state index contributed by atoms with van der Waals surface area (Å²) in [6, 6.07) is 12.1. The summed E-state index contributed by atoms with van der Waals surface area (Å²) in [7, 11) is 4.60. The molecule has 0 saturated carbocycles. The fourth-order valence-corrected chi connectivity index (χ4v) is 2.46. The Balaban J connectivity index is 1.95. The fraction of sp³-hybridized carbons (Fsp3) is 0.250. The van der Waals surface area contributed by atoms with Gasteiger partial charge in [-0.3, -0.25) is 9.59 Å². The molecule has 1 atom stereocenters. The molecule has 0 aliphatic rings. The van der Waals surface area contributed by atoms with Crippen LogP contribution in [0.1, 0.15) is 24.1 Å². The zero-order valence-electron chi connectivity index (χ0n) is 16.2. The summed E-state index contributed by atoms with van der Waals surface area (Å²) in [5, 5.41) is 6.42. The van der Waals surface area contributed by atoms with Gasteiger partial charge in [-0.25, -0.2) is 5.43 Å². The van der Waals surface area contributed by atoms with E-state index in [4.69, 9.17) is 14.2 Å². The molecule has 0 aliphatic heterocycles. The molecule has 0 spiro atoms. The van der Waals surface area contributed by atoms with Gasteiger partial charge in [0.1, 0.15) is 5.75 Å². The predicted molar refractivity (Wildman–Crippen MR) is 105 cm³/mol. The SMILES string of the molecule is COc1ccc([C@H](C)NC(=O)C(=O)N/N=C\c2cccc(OC)c2OC)cc1. The van der Waals surface area contributed by atoms with Gasteiger partial charge in [-0.15, -0.1) is 0 Å². The van der Waals surface area contributed by atoms with Crippen molar-refractivity contribution in [3.63, 3.8) is 0 Å². The van der Waals surface area contributed by atoms with Gasteiger partial charge in [0.2, 0.25) is 0 Å². The molecule has 8 nitrogen and oxygen atoms in total. The van der Waals surface area contributed by atoms with E-state index in [1.807, 2.05) is 12.1 Å². The van der Waals surface area contributed by atoms with Gasteiger partial charge in [0, 0.05) is 5.56 Å². The lowest BCUT2D eigenvalue weighted by Gasteiger charge is -2.14. The van der Waals surface area contributed by atoms with E-state index in [1.54, 1.807) is 44.4 Å². The Kier molecular flexibility index (Phi) is 7.38. The Labute approximate surface area is 163 Å². The molecule has 28 heavy (non-hydrogen) atoms. The average molecular weight is 385 g/mol. The first-order chi connectivity index (χ1) is 13.5. The highest BCUT2D eigenvalue weighted by Gasteiger charge is 2.16. The third kappa shape index (κ3) is 5.23. The molecule has 0 unspecified atom stereocenters. The van der Waals surface area contributed by atoms with E-state index in [1.165, 1.54) is 20.4 Å². The zero-order chi connectivity index (χ0) is 20.5. The summed E-state index contributed by atoms with van der Waals surface area (Å²) >= 11 is 0. The van der Waals surface area contributed by atoms with E-state index in [0.29, 0.717) is 22.8 Å². The summed E-state index contributed by atoms with van der Waals surface area (Å²) in [5.74, 6) is 0.0447. The maximum absolute atomic E-state index is 12.0. The smallest absolute Gasteiger partial charge is 0.329 e. The lowest BCUT2D eigenvalue weighted by atomic mass is 10.1. The molecule has 2 amide bonds. The number of nitrogens with zero attached hydrogens (tertiary/aromatic N) is 1. The van der Waals surface area contributed by atoms with E-state index in [9.17, 15) is 9.59 Å². The summed E-state index contributed by atoms with van der Waals surface area (Å²) in [6.07, 6.45) is 1.37. The van der Waals surface area contributed by atoms with Crippen LogP contribution in [0.2, 0.25) is 0 Å². The van der Waals surface area contributed by atoms with Crippen molar-refractivity contribution >= 4 is 18.0 Å². The highest BCUT2D eigenvalue weighted by Crippen LogP contribution is 2.29. The van der Waals surface area contributed by atoms with Gasteiger partial charge in [0.05, 0.1) is 33.6 Å². The first-order valence-electron chi connectivity index (χ1n) is 8.49. The van der Waals surface area contributed by atoms with Gasteiger partial charge >= 0.3 is 11.8 Å². The quantitative estimate of drug-likeness (QED) is 0.432. The number of benzene rings is 2. The third-order valence-corrected chi connectivity index (χ3v) is 3.97. The van der Waals surface area contributed by atoms with Crippen LogP contribution in [0.25, 0.3) is 0 Å². The number of para-hydroxylation sites is 1. The number of hydrogen-bond acceptors (Lipinski definition) is 6. The second-order valence-corrected chi connectivity index (χ2v) is 5.75. The summed E-state index contributed by atoms with van der Waals surface area (Å²) in [6.45, 7) is 1.78. The fourth-order valence-electron chi connectivity index (χ4n) is 2.46. The van der Waals surface area contributed by atoms with Crippen LogP contribution in [0.3, 0.4) is 0 Å². The van der Waals surface area contributed by atoms with Crippen molar-refractivity contribution in [3.8, 4) is 17.2 Å². The number of methoxy groups -OCH3 is 3. The van der Waals surface area contributed by atoms with Gasteiger partial charge in [0.15, 0.2) is 11.5 Å². The molecule has 0 saturated heterocycles. The minimum atomic E-state index is -0.876. The Bertz CT molecular complexity index is 849. The topological polar surface area (TPSA) is 98.2 Å². The maximum Gasteiger partial charge on any atom is 0.329 e. The molecule has 2 aromatic carbocycles.